The van der Waals surface area contributed by atoms with Crippen LogP contribution in [0.1, 0.15) is 90.7 Å². The highest BCUT2D eigenvalue weighted by molar-refractivity contribution is 5.66. The third-order valence-corrected chi connectivity index (χ3v) is 2.64. The summed E-state index contributed by atoms with van der Waals surface area (Å²) in [5, 5.41) is 8.76. The van der Waals surface area contributed by atoms with Crippen molar-refractivity contribution in [2.24, 2.45) is 0 Å². The third kappa shape index (κ3) is 15.2. The molecule has 18 heavy (non-hydrogen) atoms. The Labute approximate surface area is 120 Å². The molecule has 106 valence electrons. The fraction of sp³-hybridized carbons (Fsp3) is 0.812. The van der Waals surface area contributed by atoms with Crippen LogP contribution in [0.15, 0.2) is 12.2 Å². The summed E-state index contributed by atoms with van der Waals surface area (Å²) < 4.78 is 37.6. The van der Waals surface area contributed by atoms with Gasteiger partial charge in [-0.1, -0.05) is 57.6 Å². The van der Waals surface area contributed by atoms with Crippen molar-refractivity contribution >= 4 is 5.97 Å². The predicted octanol–water partition coefficient (Wildman–Crippen LogP) is 5.33. The first-order valence-corrected chi connectivity index (χ1v) is 6.98. The van der Waals surface area contributed by atoms with Gasteiger partial charge in [-0.25, -0.2) is 0 Å². The highest BCUT2D eigenvalue weighted by Gasteiger charge is 1.95. The van der Waals surface area contributed by atoms with Crippen molar-refractivity contribution in [3.8, 4) is 0 Å². The van der Waals surface area contributed by atoms with E-state index in [1.165, 1.54) is 25.7 Å². The van der Waals surface area contributed by atoms with Crippen LogP contribution in [0, 0.1) is 0 Å². The van der Waals surface area contributed by atoms with Crippen molar-refractivity contribution < 1.29 is 16.8 Å². The number of unbranched alkanes of at least 4 members (excludes halogenated alkanes) is 6. The molecule has 0 amide bonds. The molecular weight excluding hydrogens is 224 g/mol. The van der Waals surface area contributed by atoms with Gasteiger partial charge in [-0.3, -0.25) is 4.79 Å². The van der Waals surface area contributed by atoms with Crippen molar-refractivity contribution in [1.29, 1.82) is 0 Å². The lowest BCUT2D eigenvalue weighted by Crippen LogP contribution is -1.93. The molecule has 0 aliphatic carbocycles. The molecule has 0 spiro atoms. The van der Waals surface area contributed by atoms with Gasteiger partial charge in [-0.2, -0.15) is 0 Å². The second-order valence-electron chi connectivity index (χ2n) is 4.38. The lowest BCUT2D eigenvalue weighted by molar-refractivity contribution is -0.137. The molecular formula is C16H30O2. The maximum Gasteiger partial charge on any atom is 0.303 e. The van der Waals surface area contributed by atoms with E-state index in [0.717, 1.165) is 19.3 Å². The van der Waals surface area contributed by atoms with E-state index >= 15 is 0 Å². The van der Waals surface area contributed by atoms with Crippen LogP contribution in [0.5, 0.6) is 0 Å². The summed E-state index contributed by atoms with van der Waals surface area (Å²) in [4.78, 5) is 10.8. The minimum absolute atomic E-state index is 0.157. The number of carbonyl (C=O) groups is 1. The minimum atomic E-state index is -3.04. The van der Waals surface area contributed by atoms with Gasteiger partial charge in [0.1, 0.15) is 0 Å². The van der Waals surface area contributed by atoms with E-state index in [2.05, 4.69) is 19.1 Å². The Balaban J connectivity index is 3.96. The van der Waals surface area contributed by atoms with Gasteiger partial charge < -0.3 is 5.11 Å². The number of carboxylic acid groups (broad SMARTS) is 1. The molecule has 0 bridgehead atoms. The van der Waals surface area contributed by atoms with Crippen molar-refractivity contribution in [3.05, 3.63) is 12.2 Å². The Morgan fingerprint density at radius 3 is 2.22 bits per heavy atom. The number of carboxylic acids is 1. The molecule has 0 aromatic rings. The van der Waals surface area contributed by atoms with Gasteiger partial charge in [0, 0.05) is 13.2 Å². The van der Waals surface area contributed by atoms with Crippen LogP contribution in [-0.4, -0.2) is 11.1 Å². The minimum Gasteiger partial charge on any atom is -0.481 e. The van der Waals surface area contributed by atoms with Crippen LogP contribution >= 0.6 is 0 Å². The molecule has 0 radical (unpaired) electrons. The van der Waals surface area contributed by atoms with E-state index in [1.54, 1.807) is 0 Å². The number of hydrogen-bond acceptors (Lipinski definition) is 1. The van der Waals surface area contributed by atoms with Gasteiger partial charge in [-0.05, 0) is 32.1 Å². The van der Waals surface area contributed by atoms with Gasteiger partial charge in [0.25, 0.3) is 0 Å². The average Bonchev–Trinajstić information content (AvgIpc) is 2.48. The van der Waals surface area contributed by atoms with E-state index < -0.39 is 25.1 Å². The normalized spacial score (nSPS) is 18.6. The second kappa shape index (κ2) is 14.3. The number of rotatable bonds is 13. The van der Waals surface area contributed by atoms with Crippen LogP contribution in [0.2, 0.25) is 0 Å². The summed E-state index contributed by atoms with van der Waals surface area (Å²) in [5.41, 5.74) is 0. The second-order valence-corrected chi connectivity index (χ2v) is 4.38. The lowest BCUT2D eigenvalue weighted by Gasteiger charge is -1.98. The Morgan fingerprint density at radius 1 is 1.06 bits per heavy atom. The van der Waals surface area contributed by atoms with Crippen molar-refractivity contribution in [2.45, 2.75) is 83.9 Å². The lowest BCUT2D eigenvalue weighted by atomic mass is 10.1. The van der Waals surface area contributed by atoms with Crippen molar-refractivity contribution in [2.75, 3.05) is 0 Å². The molecule has 1 atom stereocenters. The summed E-state index contributed by atoms with van der Waals surface area (Å²) in [5.74, 6) is -1.86. The molecule has 0 heterocycles. The molecule has 0 aromatic heterocycles. The Kier molecular flexibility index (Phi) is 7.97. The Morgan fingerprint density at radius 2 is 1.67 bits per heavy atom. The molecule has 0 fully saturated rings. The highest BCUT2D eigenvalue weighted by Crippen LogP contribution is 2.08. The zero-order valence-corrected chi connectivity index (χ0v) is 11.5. The summed E-state index contributed by atoms with van der Waals surface area (Å²) in [7, 11) is 0. The first kappa shape index (κ1) is 10.1. The topological polar surface area (TPSA) is 37.3 Å². The summed E-state index contributed by atoms with van der Waals surface area (Å²) in [6.45, 7) is 2.18. The van der Waals surface area contributed by atoms with E-state index in [0.29, 0.717) is 6.42 Å². The first-order valence-electron chi connectivity index (χ1n) is 9.56. The number of allylic oxidation sites excluding steroid dienone is 2. The van der Waals surface area contributed by atoms with Crippen molar-refractivity contribution in [1.82, 2.24) is 0 Å². The van der Waals surface area contributed by atoms with Gasteiger partial charge >= 0.3 is 5.97 Å². The van der Waals surface area contributed by atoms with E-state index in [9.17, 15) is 4.79 Å². The quantitative estimate of drug-likeness (QED) is 0.358. The SMILES string of the molecule is [2H]C(CCCC/C=C\CCCCCC)C([2H])([2H])C([2H])([2H])C(=O)O. The number of aliphatic carboxylic acids is 1. The van der Waals surface area contributed by atoms with E-state index in [4.69, 9.17) is 12.0 Å². The van der Waals surface area contributed by atoms with Crippen LogP contribution in [0.3, 0.4) is 0 Å². The molecule has 0 saturated carbocycles. The van der Waals surface area contributed by atoms with Crippen LogP contribution < -0.4 is 0 Å². The third-order valence-electron chi connectivity index (χ3n) is 2.64. The molecule has 0 aliphatic rings. The first-order chi connectivity index (χ1) is 10.7. The maximum atomic E-state index is 10.8. The average molecular weight is 259 g/mol. The summed E-state index contributed by atoms with van der Waals surface area (Å²) in [6, 6.07) is 0. The molecule has 1 unspecified atom stereocenters. The molecule has 2 heteroatoms. The zero-order valence-electron chi connectivity index (χ0n) is 16.5. The smallest absolute Gasteiger partial charge is 0.303 e. The van der Waals surface area contributed by atoms with Gasteiger partial charge in [0.05, 0.1) is 0 Å². The van der Waals surface area contributed by atoms with Crippen LogP contribution in [0.25, 0.3) is 0 Å². The zero-order chi connectivity index (χ0) is 17.9. The molecule has 0 rings (SSSR count). The molecule has 0 saturated heterocycles. The molecule has 1 N–H and O–H groups in total. The van der Waals surface area contributed by atoms with Crippen LogP contribution in [0.4, 0.5) is 0 Å². The predicted molar refractivity (Wildman–Crippen MR) is 77.9 cm³/mol. The molecule has 0 aliphatic heterocycles. The maximum absolute atomic E-state index is 10.8. The highest BCUT2D eigenvalue weighted by atomic mass is 16.4. The fourth-order valence-corrected chi connectivity index (χ4v) is 1.62. The Bertz CT molecular complexity index is 369. The van der Waals surface area contributed by atoms with Crippen LogP contribution in [-0.2, 0) is 4.79 Å². The fourth-order valence-electron chi connectivity index (χ4n) is 1.62. The summed E-state index contributed by atoms with van der Waals surface area (Å²) in [6.07, 6.45) is 5.53. The van der Waals surface area contributed by atoms with Gasteiger partial charge in [-0.15, -0.1) is 0 Å². The van der Waals surface area contributed by atoms with Gasteiger partial charge in [0.2, 0.25) is 0 Å². The standard InChI is InChI=1S/C16H30O2/c1-2-3-4-5-6-7-8-9-10-11-12-13-14-15-16(17)18/h7-8H,2-6,9-15H2,1H3,(H,17,18)/b8-7-/i13D,14D2,15D2. The largest absolute Gasteiger partial charge is 0.481 e. The number of hydrogen-bond donors (Lipinski definition) is 1. The molecule has 0 aromatic carbocycles. The van der Waals surface area contributed by atoms with Gasteiger partial charge in [0.15, 0.2) is 0 Å². The van der Waals surface area contributed by atoms with Crippen molar-refractivity contribution in [3.63, 3.8) is 0 Å². The van der Waals surface area contributed by atoms with E-state index in [1.807, 2.05) is 0 Å². The monoisotopic (exact) mass is 259 g/mol. The van der Waals surface area contributed by atoms with E-state index in [-0.39, 0.29) is 6.42 Å². The Hall–Kier alpha value is -0.790. The molecule has 2 nitrogen and oxygen atoms in total. The summed E-state index contributed by atoms with van der Waals surface area (Å²) >= 11 is 0.